The van der Waals surface area contributed by atoms with Crippen molar-refractivity contribution in [2.75, 3.05) is 24.5 Å². The zero-order valence-electron chi connectivity index (χ0n) is 11.1. The molecule has 0 radical (unpaired) electrons. The third-order valence-corrected chi connectivity index (χ3v) is 3.43. The van der Waals surface area contributed by atoms with Gasteiger partial charge in [-0.05, 0) is 49.1 Å². The van der Waals surface area contributed by atoms with Crippen molar-refractivity contribution in [1.29, 1.82) is 0 Å². The maximum absolute atomic E-state index is 3.43. The topological polar surface area (TPSA) is 15.3 Å². The minimum Gasteiger partial charge on any atom is -0.372 e. The first-order valence-corrected chi connectivity index (χ1v) is 6.92. The van der Waals surface area contributed by atoms with Gasteiger partial charge in [0.15, 0.2) is 0 Å². The normalized spacial score (nSPS) is 14.5. The maximum atomic E-state index is 3.43. The Labute approximate surface area is 105 Å². The van der Waals surface area contributed by atoms with Gasteiger partial charge < -0.3 is 10.2 Å². The van der Waals surface area contributed by atoms with E-state index in [1.165, 1.54) is 43.6 Å². The first kappa shape index (κ1) is 12.4. The highest BCUT2D eigenvalue weighted by molar-refractivity contribution is 5.51. The van der Waals surface area contributed by atoms with Crippen molar-refractivity contribution in [2.24, 2.45) is 0 Å². The Morgan fingerprint density at radius 1 is 1.12 bits per heavy atom. The first-order valence-electron chi connectivity index (χ1n) is 6.92. The van der Waals surface area contributed by atoms with Crippen LogP contribution in [0.2, 0.25) is 0 Å². The van der Waals surface area contributed by atoms with E-state index in [9.17, 15) is 0 Å². The van der Waals surface area contributed by atoms with Crippen LogP contribution >= 0.6 is 0 Å². The number of benzene rings is 1. The van der Waals surface area contributed by atoms with Crippen LogP contribution in [0.25, 0.3) is 0 Å². The molecule has 1 aromatic carbocycles. The molecule has 0 unspecified atom stereocenters. The van der Waals surface area contributed by atoms with Crippen LogP contribution in [-0.4, -0.2) is 19.6 Å². The van der Waals surface area contributed by atoms with Gasteiger partial charge in [0.1, 0.15) is 0 Å². The lowest BCUT2D eigenvalue weighted by Gasteiger charge is -2.26. The summed E-state index contributed by atoms with van der Waals surface area (Å²) in [5.41, 5.74) is 4.43. The fourth-order valence-electron chi connectivity index (χ4n) is 2.57. The monoisotopic (exact) mass is 232 g/mol. The molecule has 0 aromatic heterocycles. The van der Waals surface area contributed by atoms with E-state index in [1.54, 1.807) is 5.56 Å². The number of hydrogen-bond acceptors (Lipinski definition) is 2. The van der Waals surface area contributed by atoms with Crippen LogP contribution in [0.4, 0.5) is 5.69 Å². The van der Waals surface area contributed by atoms with Gasteiger partial charge >= 0.3 is 0 Å². The zero-order chi connectivity index (χ0) is 12.1. The molecule has 2 nitrogen and oxygen atoms in total. The van der Waals surface area contributed by atoms with Crippen LogP contribution in [0.5, 0.6) is 0 Å². The van der Waals surface area contributed by atoms with E-state index in [1.807, 2.05) is 0 Å². The summed E-state index contributed by atoms with van der Waals surface area (Å²) < 4.78 is 0. The second-order valence-electron chi connectivity index (χ2n) is 4.87. The molecule has 1 N–H and O–H groups in total. The van der Waals surface area contributed by atoms with Crippen molar-refractivity contribution in [1.82, 2.24) is 5.32 Å². The largest absolute Gasteiger partial charge is 0.372 e. The number of anilines is 1. The molecule has 0 bridgehead atoms. The average Bonchev–Trinajstić information content (AvgIpc) is 2.38. The Morgan fingerprint density at radius 2 is 1.88 bits per heavy atom. The number of hydrogen-bond donors (Lipinski definition) is 1. The van der Waals surface area contributed by atoms with Crippen LogP contribution in [0.3, 0.4) is 0 Å². The summed E-state index contributed by atoms with van der Waals surface area (Å²) in [5, 5.41) is 3.43. The fourth-order valence-corrected chi connectivity index (χ4v) is 2.57. The van der Waals surface area contributed by atoms with Gasteiger partial charge in [-0.25, -0.2) is 0 Å². The zero-order valence-corrected chi connectivity index (χ0v) is 11.1. The van der Waals surface area contributed by atoms with Crippen LogP contribution in [0.1, 0.15) is 37.8 Å². The second-order valence-corrected chi connectivity index (χ2v) is 4.87. The smallest absolute Gasteiger partial charge is 0.0369 e. The van der Waals surface area contributed by atoms with Gasteiger partial charge in [-0.1, -0.05) is 19.9 Å². The van der Waals surface area contributed by atoms with Gasteiger partial charge in [0.05, 0.1) is 0 Å². The van der Waals surface area contributed by atoms with Gasteiger partial charge in [-0.3, -0.25) is 0 Å². The molecule has 0 saturated heterocycles. The minimum atomic E-state index is 1.04. The summed E-state index contributed by atoms with van der Waals surface area (Å²) in [6.45, 7) is 9.01. The average molecular weight is 232 g/mol. The van der Waals surface area contributed by atoms with Crippen molar-refractivity contribution in [3.05, 3.63) is 29.3 Å². The summed E-state index contributed by atoms with van der Waals surface area (Å²) in [7, 11) is 0. The molecular formula is C15H24N2. The highest BCUT2D eigenvalue weighted by atomic mass is 15.1. The molecule has 1 aliphatic heterocycles. The molecule has 2 rings (SSSR count). The van der Waals surface area contributed by atoms with E-state index in [0.717, 1.165) is 13.1 Å². The predicted octanol–water partition coefficient (Wildman–Crippen LogP) is 2.96. The molecule has 2 heteroatoms. The molecule has 17 heavy (non-hydrogen) atoms. The third-order valence-electron chi connectivity index (χ3n) is 3.43. The molecule has 1 aromatic rings. The summed E-state index contributed by atoms with van der Waals surface area (Å²) in [6, 6.07) is 6.99. The Kier molecular flexibility index (Phi) is 4.43. The van der Waals surface area contributed by atoms with E-state index >= 15 is 0 Å². The Morgan fingerprint density at radius 3 is 2.59 bits per heavy atom. The minimum absolute atomic E-state index is 1.04. The van der Waals surface area contributed by atoms with Crippen LogP contribution in [0.15, 0.2) is 18.2 Å². The van der Waals surface area contributed by atoms with Gasteiger partial charge in [-0.15, -0.1) is 0 Å². The van der Waals surface area contributed by atoms with Gasteiger partial charge in [-0.2, -0.15) is 0 Å². The molecular weight excluding hydrogens is 208 g/mol. The van der Waals surface area contributed by atoms with Gasteiger partial charge in [0.2, 0.25) is 0 Å². The molecule has 1 heterocycles. The predicted molar refractivity (Wildman–Crippen MR) is 74.6 cm³/mol. The number of nitrogens with zero attached hydrogens (tertiary/aromatic N) is 1. The highest BCUT2D eigenvalue weighted by Gasteiger charge is 2.11. The Balaban J connectivity index is 2.18. The summed E-state index contributed by atoms with van der Waals surface area (Å²) in [6.07, 6.45) is 3.62. The lowest BCUT2D eigenvalue weighted by atomic mass is 10.00. The first-order chi connectivity index (χ1) is 8.35. The lowest BCUT2D eigenvalue weighted by Crippen LogP contribution is -2.27. The van der Waals surface area contributed by atoms with E-state index < -0.39 is 0 Å². The molecule has 0 amide bonds. The number of nitrogens with one attached hydrogen (secondary N) is 1. The van der Waals surface area contributed by atoms with E-state index in [0.29, 0.717) is 0 Å². The van der Waals surface area contributed by atoms with Crippen molar-refractivity contribution in [3.63, 3.8) is 0 Å². The molecule has 0 aliphatic carbocycles. The molecule has 1 aliphatic rings. The third kappa shape index (κ3) is 3.01. The van der Waals surface area contributed by atoms with Crippen molar-refractivity contribution in [3.8, 4) is 0 Å². The summed E-state index contributed by atoms with van der Waals surface area (Å²) >= 11 is 0. The molecule has 0 saturated carbocycles. The standard InChI is InChI=1S/C15H24N2/c1-3-9-17(10-4-2)15-6-5-14-12-16-8-7-13(14)11-15/h5-6,11,16H,3-4,7-10,12H2,1-2H3. The SMILES string of the molecule is CCCN(CCC)c1ccc2c(c1)CCNC2. The van der Waals surface area contributed by atoms with Crippen molar-refractivity contribution in [2.45, 2.75) is 39.7 Å². The van der Waals surface area contributed by atoms with E-state index in [-0.39, 0.29) is 0 Å². The van der Waals surface area contributed by atoms with Crippen molar-refractivity contribution < 1.29 is 0 Å². The van der Waals surface area contributed by atoms with Crippen LogP contribution in [0, 0.1) is 0 Å². The number of fused-ring (bicyclic) bond motifs is 1. The van der Waals surface area contributed by atoms with Gasteiger partial charge in [0, 0.05) is 25.3 Å². The lowest BCUT2D eigenvalue weighted by molar-refractivity contribution is 0.642. The Bertz CT molecular complexity index is 354. The quantitative estimate of drug-likeness (QED) is 0.839. The van der Waals surface area contributed by atoms with E-state index in [2.05, 4.69) is 42.3 Å². The molecule has 0 fully saturated rings. The van der Waals surface area contributed by atoms with E-state index in [4.69, 9.17) is 0 Å². The van der Waals surface area contributed by atoms with Crippen LogP contribution in [-0.2, 0) is 13.0 Å². The Hall–Kier alpha value is -1.02. The molecule has 0 spiro atoms. The van der Waals surface area contributed by atoms with Crippen LogP contribution < -0.4 is 10.2 Å². The number of rotatable bonds is 5. The molecule has 0 atom stereocenters. The highest BCUT2D eigenvalue weighted by Crippen LogP contribution is 2.22. The fraction of sp³-hybridized carbons (Fsp3) is 0.600. The maximum Gasteiger partial charge on any atom is 0.0369 e. The second kappa shape index (κ2) is 6.06. The summed E-state index contributed by atoms with van der Waals surface area (Å²) in [5.74, 6) is 0. The summed E-state index contributed by atoms with van der Waals surface area (Å²) in [4.78, 5) is 2.52. The van der Waals surface area contributed by atoms with Crippen molar-refractivity contribution >= 4 is 5.69 Å². The molecule has 94 valence electrons. The van der Waals surface area contributed by atoms with Gasteiger partial charge in [0.25, 0.3) is 0 Å².